The molecule has 0 unspecified atom stereocenters. The average molecular weight is 274 g/mol. The van der Waals surface area contributed by atoms with Crippen molar-refractivity contribution in [3.8, 4) is 0 Å². The number of aryl methyl sites for hydroxylation is 1. The topological polar surface area (TPSA) is 42.4 Å². The summed E-state index contributed by atoms with van der Waals surface area (Å²) in [5.41, 5.74) is 1.91. The lowest BCUT2D eigenvalue weighted by molar-refractivity contribution is 0.0197. The molecule has 2 heterocycles. The van der Waals surface area contributed by atoms with E-state index in [-0.39, 0.29) is 12.1 Å². The third-order valence-electron chi connectivity index (χ3n) is 4.15. The molecule has 0 aromatic carbocycles. The highest BCUT2D eigenvalue weighted by atomic mass is 16.6. The minimum Gasteiger partial charge on any atom is -0.444 e. The minimum absolute atomic E-state index is 0.155. The molecule has 2 atom stereocenters. The normalized spacial score (nSPS) is 25.1. The van der Waals surface area contributed by atoms with Crippen molar-refractivity contribution in [3.05, 3.63) is 29.6 Å². The summed E-state index contributed by atoms with van der Waals surface area (Å²) < 4.78 is 5.55. The number of fused-ring (bicyclic) bond motifs is 3. The summed E-state index contributed by atoms with van der Waals surface area (Å²) in [5.74, 6) is 0.555. The quantitative estimate of drug-likeness (QED) is 0.728. The predicted octanol–water partition coefficient (Wildman–Crippen LogP) is 3.33. The SMILES string of the molecule is CC(C)(C)OC(=O)N1CC[C@H]2CCc3ncccc3[C@H]21. The standard InChI is InChI=1S/C16H22N2O2/c1-16(2,3)20-15(19)18-10-8-11-6-7-13-12(14(11)18)5-4-9-17-13/h4-5,9,11,14H,6-8,10H2,1-3H3/t11-,14+/m1/s1. The van der Waals surface area contributed by atoms with Crippen LogP contribution >= 0.6 is 0 Å². The van der Waals surface area contributed by atoms with Gasteiger partial charge >= 0.3 is 6.09 Å². The number of hydrogen-bond donors (Lipinski definition) is 0. The van der Waals surface area contributed by atoms with Crippen LogP contribution in [-0.4, -0.2) is 28.1 Å². The van der Waals surface area contributed by atoms with Crippen molar-refractivity contribution in [2.75, 3.05) is 6.54 Å². The van der Waals surface area contributed by atoms with E-state index in [4.69, 9.17) is 4.74 Å². The number of ether oxygens (including phenoxy) is 1. The summed E-state index contributed by atoms with van der Waals surface area (Å²) in [6, 6.07) is 4.23. The molecule has 1 aromatic heterocycles. The van der Waals surface area contributed by atoms with Crippen LogP contribution in [0.25, 0.3) is 0 Å². The second kappa shape index (κ2) is 4.76. The van der Waals surface area contributed by atoms with Gasteiger partial charge in [-0.15, -0.1) is 0 Å². The zero-order valence-corrected chi connectivity index (χ0v) is 12.4. The van der Waals surface area contributed by atoms with Crippen LogP contribution in [0.3, 0.4) is 0 Å². The molecule has 4 heteroatoms. The van der Waals surface area contributed by atoms with E-state index in [1.54, 1.807) is 0 Å². The van der Waals surface area contributed by atoms with Gasteiger partial charge in [-0.25, -0.2) is 4.79 Å². The van der Waals surface area contributed by atoms with Crippen molar-refractivity contribution in [3.63, 3.8) is 0 Å². The average Bonchev–Trinajstić information content (AvgIpc) is 2.81. The van der Waals surface area contributed by atoms with Gasteiger partial charge in [0.05, 0.1) is 6.04 Å². The highest BCUT2D eigenvalue weighted by molar-refractivity contribution is 5.69. The smallest absolute Gasteiger partial charge is 0.410 e. The van der Waals surface area contributed by atoms with Gasteiger partial charge in [-0.3, -0.25) is 4.98 Å². The Labute approximate surface area is 120 Å². The summed E-state index contributed by atoms with van der Waals surface area (Å²) in [7, 11) is 0. The van der Waals surface area contributed by atoms with Gasteiger partial charge in [-0.05, 0) is 57.6 Å². The van der Waals surface area contributed by atoms with E-state index in [2.05, 4.69) is 11.1 Å². The molecule has 0 radical (unpaired) electrons. The minimum atomic E-state index is -0.443. The maximum atomic E-state index is 12.4. The number of nitrogens with zero attached hydrogens (tertiary/aromatic N) is 2. The lowest BCUT2D eigenvalue weighted by atomic mass is 9.82. The Morgan fingerprint density at radius 1 is 1.40 bits per heavy atom. The number of carbonyl (C=O) groups excluding carboxylic acids is 1. The van der Waals surface area contributed by atoms with Crippen LogP contribution in [0.5, 0.6) is 0 Å². The molecule has 0 N–H and O–H groups in total. The van der Waals surface area contributed by atoms with E-state index in [0.29, 0.717) is 5.92 Å². The molecule has 1 fully saturated rings. The van der Waals surface area contributed by atoms with Gasteiger partial charge in [0.25, 0.3) is 0 Å². The summed E-state index contributed by atoms with van der Waals surface area (Å²) in [6.07, 6.45) is 4.86. The van der Waals surface area contributed by atoms with Gasteiger partial charge in [0, 0.05) is 18.4 Å². The van der Waals surface area contributed by atoms with Gasteiger partial charge in [0.15, 0.2) is 0 Å². The van der Waals surface area contributed by atoms with Crippen molar-refractivity contribution in [1.82, 2.24) is 9.88 Å². The lowest BCUT2D eigenvalue weighted by Crippen LogP contribution is -2.38. The molecule has 3 rings (SSSR count). The number of carbonyl (C=O) groups is 1. The molecule has 4 nitrogen and oxygen atoms in total. The Morgan fingerprint density at radius 3 is 2.95 bits per heavy atom. The van der Waals surface area contributed by atoms with Crippen LogP contribution in [-0.2, 0) is 11.2 Å². The number of hydrogen-bond acceptors (Lipinski definition) is 3. The molecular weight excluding hydrogens is 252 g/mol. The maximum absolute atomic E-state index is 12.4. The van der Waals surface area contributed by atoms with Crippen molar-refractivity contribution in [2.24, 2.45) is 5.92 Å². The molecule has 0 saturated carbocycles. The zero-order chi connectivity index (χ0) is 14.3. The Hall–Kier alpha value is -1.58. The molecular formula is C16H22N2O2. The highest BCUT2D eigenvalue weighted by Crippen LogP contribution is 2.44. The highest BCUT2D eigenvalue weighted by Gasteiger charge is 2.42. The van der Waals surface area contributed by atoms with Crippen LogP contribution in [0.2, 0.25) is 0 Å². The predicted molar refractivity (Wildman–Crippen MR) is 76.3 cm³/mol. The first-order valence-electron chi connectivity index (χ1n) is 7.39. The fourth-order valence-corrected chi connectivity index (χ4v) is 3.36. The summed E-state index contributed by atoms with van der Waals surface area (Å²) in [5, 5.41) is 0. The van der Waals surface area contributed by atoms with Gasteiger partial charge in [-0.2, -0.15) is 0 Å². The number of likely N-dealkylation sites (tertiary alicyclic amines) is 1. The summed E-state index contributed by atoms with van der Waals surface area (Å²) in [6.45, 7) is 6.52. The van der Waals surface area contributed by atoms with Gasteiger partial charge in [-0.1, -0.05) is 6.07 Å². The molecule has 1 saturated heterocycles. The second-order valence-electron chi connectivity index (χ2n) is 6.75. The third kappa shape index (κ3) is 2.39. The molecule has 2 aliphatic rings. The van der Waals surface area contributed by atoms with Crippen LogP contribution < -0.4 is 0 Å². The fourth-order valence-electron chi connectivity index (χ4n) is 3.36. The summed E-state index contributed by atoms with van der Waals surface area (Å²) >= 11 is 0. The first-order chi connectivity index (χ1) is 9.46. The second-order valence-corrected chi connectivity index (χ2v) is 6.75. The van der Waals surface area contributed by atoms with Crippen molar-refractivity contribution in [1.29, 1.82) is 0 Å². The first kappa shape index (κ1) is 13.4. The zero-order valence-electron chi connectivity index (χ0n) is 12.4. The van der Waals surface area contributed by atoms with E-state index in [1.165, 1.54) is 5.56 Å². The molecule has 1 aliphatic heterocycles. The van der Waals surface area contributed by atoms with Crippen molar-refractivity contribution in [2.45, 2.75) is 51.7 Å². The van der Waals surface area contributed by atoms with E-state index in [9.17, 15) is 4.79 Å². The Bertz CT molecular complexity index is 521. The Balaban J connectivity index is 1.87. The van der Waals surface area contributed by atoms with Crippen LogP contribution in [0.15, 0.2) is 18.3 Å². The summed E-state index contributed by atoms with van der Waals surface area (Å²) in [4.78, 5) is 18.8. The van der Waals surface area contributed by atoms with Gasteiger partial charge in [0.1, 0.15) is 5.60 Å². The molecule has 0 bridgehead atoms. The van der Waals surface area contributed by atoms with Crippen LogP contribution in [0.1, 0.15) is 50.9 Å². The van der Waals surface area contributed by atoms with Crippen LogP contribution in [0, 0.1) is 5.92 Å². The molecule has 108 valence electrons. The fraction of sp³-hybridized carbons (Fsp3) is 0.625. The largest absolute Gasteiger partial charge is 0.444 e. The Morgan fingerprint density at radius 2 is 2.20 bits per heavy atom. The third-order valence-corrected chi connectivity index (χ3v) is 4.15. The van der Waals surface area contributed by atoms with Gasteiger partial charge < -0.3 is 9.64 Å². The number of aromatic nitrogens is 1. The van der Waals surface area contributed by atoms with E-state index in [0.717, 1.165) is 31.5 Å². The van der Waals surface area contributed by atoms with Crippen molar-refractivity contribution < 1.29 is 9.53 Å². The lowest BCUT2D eigenvalue weighted by Gasteiger charge is -2.34. The van der Waals surface area contributed by atoms with E-state index >= 15 is 0 Å². The molecule has 20 heavy (non-hydrogen) atoms. The molecule has 1 aliphatic carbocycles. The van der Waals surface area contributed by atoms with Crippen molar-refractivity contribution >= 4 is 6.09 Å². The van der Waals surface area contributed by atoms with E-state index < -0.39 is 5.60 Å². The first-order valence-corrected chi connectivity index (χ1v) is 7.39. The molecule has 0 spiro atoms. The van der Waals surface area contributed by atoms with E-state index in [1.807, 2.05) is 37.9 Å². The van der Waals surface area contributed by atoms with Gasteiger partial charge in [0.2, 0.25) is 0 Å². The number of rotatable bonds is 0. The molecule has 1 aromatic rings. The Kier molecular flexibility index (Phi) is 3.19. The monoisotopic (exact) mass is 274 g/mol. The molecule has 1 amide bonds. The number of pyridine rings is 1. The van der Waals surface area contributed by atoms with Crippen LogP contribution in [0.4, 0.5) is 4.79 Å². The number of amides is 1. The maximum Gasteiger partial charge on any atom is 0.410 e.